The molecule has 0 bridgehead atoms. The van der Waals surface area contributed by atoms with Crippen LogP contribution in [0, 0.1) is 0 Å². The number of ketones is 1. The van der Waals surface area contributed by atoms with Crippen molar-refractivity contribution in [3.8, 4) is 17.2 Å². The lowest BCUT2D eigenvalue weighted by atomic mass is 10.1. The lowest BCUT2D eigenvalue weighted by molar-refractivity contribution is -0.132. The summed E-state index contributed by atoms with van der Waals surface area (Å²) in [6.07, 6.45) is 0.715. The molecule has 2 aromatic carbocycles. The van der Waals surface area contributed by atoms with Crippen molar-refractivity contribution in [1.29, 1.82) is 0 Å². The summed E-state index contributed by atoms with van der Waals surface area (Å²) in [5, 5.41) is 3.11. The van der Waals surface area contributed by atoms with Gasteiger partial charge in [-0.2, -0.15) is 8.42 Å². The number of Topliss-reactive ketones (excluding diaryl/α,β-unsaturated/α-hetero) is 1. The van der Waals surface area contributed by atoms with Crippen LogP contribution < -0.4 is 19.5 Å². The Labute approximate surface area is 199 Å². The molecule has 0 heterocycles. The van der Waals surface area contributed by atoms with Gasteiger partial charge >= 0.3 is 11.9 Å². The van der Waals surface area contributed by atoms with Crippen LogP contribution in [-0.4, -0.2) is 56.1 Å². The van der Waals surface area contributed by atoms with Gasteiger partial charge in [0.25, 0.3) is 10.1 Å². The third kappa shape index (κ3) is 11.5. The van der Waals surface area contributed by atoms with Crippen LogP contribution in [0.1, 0.15) is 48.4 Å². The number of nitrogens with one attached hydrogen (secondary N) is 1. The standard InChI is InChI=1S/C22H25NO6.CH4O3S/c1-14(24)28-20-12-16(18(25)13-23-22(2,3)4)8-11-19(20)29-21(26)15-6-9-17(27-5)10-7-15;1-5(2,3)4/h6-12,23H,13H2,1-5H3;1H3,(H,2,3,4). The Morgan fingerprint density at radius 2 is 1.47 bits per heavy atom. The minimum Gasteiger partial charge on any atom is -0.497 e. The summed E-state index contributed by atoms with van der Waals surface area (Å²) in [4.78, 5) is 36.3. The first-order valence-electron chi connectivity index (χ1n) is 9.98. The zero-order valence-corrected chi connectivity index (χ0v) is 20.7. The van der Waals surface area contributed by atoms with Crippen molar-refractivity contribution >= 4 is 27.8 Å². The van der Waals surface area contributed by atoms with Gasteiger partial charge in [-0.3, -0.25) is 14.1 Å². The topological polar surface area (TPSA) is 145 Å². The molecule has 0 atom stereocenters. The van der Waals surface area contributed by atoms with E-state index in [9.17, 15) is 22.8 Å². The van der Waals surface area contributed by atoms with Crippen molar-refractivity contribution in [1.82, 2.24) is 5.32 Å². The summed E-state index contributed by atoms with van der Waals surface area (Å²) >= 11 is 0. The van der Waals surface area contributed by atoms with Crippen molar-refractivity contribution in [3.05, 3.63) is 53.6 Å². The highest BCUT2D eigenvalue weighted by molar-refractivity contribution is 7.85. The Bertz CT molecular complexity index is 1110. The Hall–Kier alpha value is -3.28. The first kappa shape index (κ1) is 28.8. The predicted molar refractivity (Wildman–Crippen MR) is 125 cm³/mol. The quantitative estimate of drug-likeness (QED) is 0.254. The van der Waals surface area contributed by atoms with E-state index in [0.29, 0.717) is 23.1 Å². The summed E-state index contributed by atoms with van der Waals surface area (Å²) in [6, 6.07) is 10.7. The Morgan fingerprint density at radius 1 is 0.941 bits per heavy atom. The van der Waals surface area contributed by atoms with Crippen LogP contribution in [0.5, 0.6) is 17.2 Å². The number of ether oxygens (including phenoxy) is 3. The van der Waals surface area contributed by atoms with Crippen LogP contribution >= 0.6 is 0 Å². The molecule has 0 unspecified atom stereocenters. The highest BCUT2D eigenvalue weighted by Gasteiger charge is 2.18. The lowest BCUT2D eigenvalue weighted by Crippen LogP contribution is -2.39. The highest BCUT2D eigenvalue weighted by atomic mass is 32.2. The van der Waals surface area contributed by atoms with Gasteiger partial charge in [0, 0.05) is 18.0 Å². The molecule has 0 amide bonds. The first-order valence-corrected chi connectivity index (χ1v) is 11.8. The molecule has 0 saturated heterocycles. The fourth-order valence-corrected chi connectivity index (χ4v) is 2.33. The van der Waals surface area contributed by atoms with E-state index >= 15 is 0 Å². The smallest absolute Gasteiger partial charge is 0.343 e. The van der Waals surface area contributed by atoms with Gasteiger partial charge in [-0.15, -0.1) is 0 Å². The van der Waals surface area contributed by atoms with Gasteiger partial charge in [-0.25, -0.2) is 4.79 Å². The molecule has 186 valence electrons. The van der Waals surface area contributed by atoms with E-state index in [1.54, 1.807) is 24.3 Å². The maximum Gasteiger partial charge on any atom is 0.343 e. The van der Waals surface area contributed by atoms with E-state index < -0.39 is 22.1 Å². The van der Waals surface area contributed by atoms with Crippen molar-refractivity contribution in [3.63, 3.8) is 0 Å². The molecule has 0 aliphatic heterocycles. The molecular formula is C23H29NO9S. The first-order chi connectivity index (χ1) is 15.6. The van der Waals surface area contributed by atoms with Crippen LogP contribution in [-0.2, 0) is 14.9 Å². The normalized spacial score (nSPS) is 11.0. The summed E-state index contributed by atoms with van der Waals surface area (Å²) in [5.74, 6) is -0.753. The Morgan fingerprint density at radius 3 is 1.94 bits per heavy atom. The van der Waals surface area contributed by atoms with Crippen molar-refractivity contribution in [2.45, 2.75) is 33.2 Å². The number of rotatable bonds is 7. The fraction of sp³-hybridized carbons (Fsp3) is 0.348. The molecule has 0 aromatic heterocycles. The largest absolute Gasteiger partial charge is 0.497 e. The molecule has 2 aromatic rings. The maximum atomic E-state index is 12.4. The molecule has 0 spiro atoms. The van der Waals surface area contributed by atoms with E-state index in [1.165, 1.54) is 32.2 Å². The average molecular weight is 496 g/mol. The van der Waals surface area contributed by atoms with Crippen LogP contribution in [0.15, 0.2) is 42.5 Å². The SMILES string of the molecule is COc1ccc(C(=O)Oc2ccc(C(=O)CNC(C)(C)C)cc2OC(C)=O)cc1.CS(=O)(=O)O. The van der Waals surface area contributed by atoms with E-state index in [2.05, 4.69) is 5.32 Å². The van der Waals surface area contributed by atoms with Crippen LogP contribution in [0.3, 0.4) is 0 Å². The lowest BCUT2D eigenvalue weighted by Gasteiger charge is -2.20. The summed E-state index contributed by atoms with van der Waals surface area (Å²) < 4.78 is 41.4. The number of hydrogen-bond donors (Lipinski definition) is 2. The maximum absolute atomic E-state index is 12.4. The van der Waals surface area contributed by atoms with Crippen molar-refractivity contribution in [2.75, 3.05) is 19.9 Å². The van der Waals surface area contributed by atoms with Gasteiger partial charge < -0.3 is 19.5 Å². The Kier molecular flexibility index (Phi) is 10.4. The number of carbonyl (C=O) groups is 3. The molecule has 11 heteroatoms. The molecule has 10 nitrogen and oxygen atoms in total. The zero-order valence-electron chi connectivity index (χ0n) is 19.9. The number of carbonyl (C=O) groups excluding carboxylic acids is 3. The monoisotopic (exact) mass is 495 g/mol. The van der Waals surface area contributed by atoms with E-state index in [0.717, 1.165) is 0 Å². The molecule has 2 N–H and O–H groups in total. The van der Waals surface area contributed by atoms with Gasteiger partial charge in [0.2, 0.25) is 0 Å². The van der Waals surface area contributed by atoms with E-state index in [4.69, 9.17) is 18.8 Å². The molecule has 0 aliphatic carbocycles. The van der Waals surface area contributed by atoms with Crippen LogP contribution in [0.25, 0.3) is 0 Å². The molecule has 0 fully saturated rings. The fourth-order valence-electron chi connectivity index (χ4n) is 2.33. The average Bonchev–Trinajstić information content (AvgIpc) is 2.71. The minimum atomic E-state index is -3.67. The van der Waals surface area contributed by atoms with Gasteiger partial charge in [0.1, 0.15) is 5.75 Å². The molecular weight excluding hydrogens is 466 g/mol. The van der Waals surface area contributed by atoms with Crippen molar-refractivity contribution < 1.29 is 41.6 Å². The summed E-state index contributed by atoms with van der Waals surface area (Å²) in [7, 11) is -2.14. The van der Waals surface area contributed by atoms with Gasteiger partial charge in [0.05, 0.1) is 25.5 Å². The highest BCUT2D eigenvalue weighted by Crippen LogP contribution is 2.30. The third-order valence-electron chi connectivity index (χ3n) is 3.83. The van der Waals surface area contributed by atoms with Crippen LogP contribution in [0.4, 0.5) is 0 Å². The number of benzene rings is 2. The second-order valence-electron chi connectivity index (χ2n) is 8.13. The number of esters is 2. The Balaban J connectivity index is 0.00000104. The predicted octanol–water partition coefficient (Wildman–Crippen LogP) is 2.91. The summed E-state index contributed by atoms with van der Waals surface area (Å²) in [6.45, 7) is 7.20. The van der Waals surface area contributed by atoms with E-state index in [-0.39, 0.29) is 29.4 Å². The second-order valence-corrected chi connectivity index (χ2v) is 9.60. The molecule has 0 radical (unpaired) electrons. The van der Waals surface area contributed by atoms with Gasteiger partial charge in [-0.1, -0.05) is 0 Å². The second kappa shape index (κ2) is 12.3. The molecule has 34 heavy (non-hydrogen) atoms. The molecule has 2 rings (SSSR count). The van der Waals surface area contributed by atoms with Crippen LogP contribution in [0.2, 0.25) is 0 Å². The van der Waals surface area contributed by atoms with E-state index in [1.807, 2.05) is 20.8 Å². The number of hydrogen-bond acceptors (Lipinski definition) is 9. The third-order valence-corrected chi connectivity index (χ3v) is 3.83. The molecule has 0 aliphatic rings. The molecule has 0 saturated carbocycles. The number of methoxy groups -OCH3 is 1. The van der Waals surface area contributed by atoms with Gasteiger partial charge in [0.15, 0.2) is 17.3 Å². The zero-order chi connectivity index (χ0) is 26.1. The van der Waals surface area contributed by atoms with Crippen molar-refractivity contribution in [2.24, 2.45) is 0 Å². The van der Waals surface area contributed by atoms with Gasteiger partial charge in [-0.05, 0) is 63.2 Å². The minimum absolute atomic E-state index is 0.000898. The summed E-state index contributed by atoms with van der Waals surface area (Å²) in [5.41, 5.74) is 0.415.